The van der Waals surface area contributed by atoms with Crippen LogP contribution in [-0.4, -0.2) is 14.8 Å². The average molecular weight is 208 g/mol. The van der Waals surface area contributed by atoms with Crippen LogP contribution in [0.2, 0.25) is 0 Å². The number of nitrogens with zero attached hydrogens (tertiary/aromatic N) is 3. The summed E-state index contributed by atoms with van der Waals surface area (Å²) in [4.78, 5) is 4.25. The van der Waals surface area contributed by atoms with Gasteiger partial charge in [0.1, 0.15) is 5.01 Å². The van der Waals surface area contributed by atoms with E-state index >= 15 is 0 Å². The third kappa shape index (κ3) is 1.93. The first kappa shape index (κ1) is 9.21. The number of thiazole rings is 1. The minimum Gasteiger partial charge on any atom is -0.374 e. The van der Waals surface area contributed by atoms with Gasteiger partial charge >= 0.3 is 0 Å². The monoisotopic (exact) mass is 208 g/mol. The summed E-state index contributed by atoms with van der Waals surface area (Å²) in [6.45, 7) is 2.09. The van der Waals surface area contributed by atoms with Crippen LogP contribution in [-0.2, 0) is 7.05 Å². The van der Waals surface area contributed by atoms with Crippen molar-refractivity contribution in [1.29, 1.82) is 0 Å². The molecule has 0 radical (unpaired) electrons. The van der Waals surface area contributed by atoms with E-state index < -0.39 is 0 Å². The Morgan fingerprint density at radius 2 is 2.43 bits per heavy atom. The second-order valence-electron chi connectivity index (χ2n) is 3.14. The lowest BCUT2D eigenvalue weighted by Crippen LogP contribution is -2.05. The van der Waals surface area contributed by atoms with E-state index in [1.807, 2.05) is 31.0 Å². The largest absolute Gasteiger partial charge is 0.374 e. The number of rotatable bonds is 3. The van der Waals surface area contributed by atoms with Gasteiger partial charge in [0, 0.05) is 24.8 Å². The van der Waals surface area contributed by atoms with Crippen molar-refractivity contribution in [3.05, 3.63) is 29.0 Å². The molecule has 0 aliphatic carbocycles. The number of nitrogens with one attached hydrogen (secondary N) is 1. The molecular formula is C9H12N4S. The highest BCUT2D eigenvalue weighted by Gasteiger charge is 2.07. The number of hydrogen-bond acceptors (Lipinski definition) is 4. The molecule has 5 heteroatoms. The molecule has 0 aliphatic heterocycles. The van der Waals surface area contributed by atoms with Gasteiger partial charge in [0.2, 0.25) is 0 Å². The molecule has 2 heterocycles. The Bertz CT molecular complexity index is 393. The molecule has 0 bridgehead atoms. The molecule has 0 amide bonds. The van der Waals surface area contributed by atoms with Crippen LogP contribution >= 0.6 is 11.3 Å². The van der Waals surface area contributed by atoms with Crippen molar-refractivity contribution in [2.24, 2.45) is 7.05 Å². The molecule has 0 unspecified atom stereocenters. The van der Waals surface area contributed by atoms with Gasteiger partial charge in [0.25, 0.3) is 0 Å². The molecule has 2 rings (SSSR count). The van der Waals surface area contributed by atoms with E-state index in [4.69, 9.17) is 0 Å². The van der Waals surface area contributed by atoms with Crippen molar-refractivity contribution in [3.8, 4) is 0 Å². The Hall–Kier alpha value is -1.36. The van der Waals surface area contributed by atoms with Crippen molar-refractivity contribution in [3.63, 3.8) is 0 Å². The van der Waals surface area contributed by atoms with Crippen molar-refractivity contribution < 1.29 is 0 Å². The Morgan fingerprint density at radius 1 is 1.57 bits per heavy atom. The van der Waals surface area contributed by atoms with Crippen molar-refractivity contribution in [1.82, 2.24) is 14.8 Å². The standard InChI is InChI=1S/C9H12N4S/c1-7(9-10-3-4-14-9)12-8-5-11-13(2)6-8/h3-7,12H,1-2H3/t7-/m1/s1. The van der Waals surface area contributed by atoms with Crippen LogP contribution in [0.15, 0.2) is 24.0 Å². The normalized spacial score (nSPS) is 12.7. The lowest BCUT2D eigenvalue weighted by Gasteiger charge is -2.09. The molecule has 0 spiro atoms. The number of hydrogen-bond donors (Lipinski definition) is 1. The van der Waals surface area contributed by atoms with Crippen LogP contribution in [0.5, 0.6) is 0 Å². The van der Waals surface area contributed by atoms with E-state index in [2.05, 4.69) is 22.3 Å². The predicted octanol–water partition coefficient (Wildman–Crippen LogP) is 2.05. The highest BCUT2D eigenvalue weighted by molar-refractivity contribution is 7.09. The van der Waals surface area contributed by atoms with E-state index in [1.54, 1.807) is 16.0 Å². The van der Waals surface area contributed by atoms with E-state index in [0.29, 0.717) is 0 Å². The van der Waals surface area contributed by atoms with E-state index in [-0.39, 0.29) is 6.04 Å². The summed E-state index contributed by atoms with van der Waals surface area (Å²) in [6, 6.07) is 0.235. The van der Waals surface area contributed by atoms with Crippen molar-refractivity contribution in [2.45, 2.75) is 13.0 Å². The highest BCUT2D eigenvalue weighted by atomic mass is 32.1. The maximum atomic E-state index is 4.25. The Kier molecular flexibility index (Phi) is 2.49. The van der Waals surface area contributed by atoms with Crippen LogP contribution < -0.4 is 5.32 Å². The molecule has 0 saturated heterocycles. The molecule has 0 fully saturated rings. The number of anilines is 1. The molecule has 2 aromatic rings. The van der Waals surface area contributed by atoms with Gasteiger partial charge in [-0.25, -0.2) is 4.98 Å². The molecular weight excluding hydrogens is 196 g/mol. The summed E-state index contributed by atoms with van der Waals surface area (Å²) < 4.78 is 1.77. The second kappa shape index (κ2) is 3.79. The second-order valence-corrected chi connectivity index (χ2v) is 4.07. The van der Waals surface area contributed by atoms with Crippen LogP contribution in [0.1, 0.15) is 18.0 Å². The minimum atomic E-state index is 0.235. The zero-order valence-electron chi connectivity index (χ0n) is 8.14. The van der Waals surface area contributed by atoms with E-state index in [0.717, 1.165) is 10.7 Å². The average Bonchev–Trinajstić information content (AvgIpc) is 2.75. The molecule has 2 aromatic heterocycles. The summed E-state index contributed by atoms with van der Waals surface area (Å²) >= 11 is 1.66. The van der Waals surface area contributed by atoms with Crippen molar-refractivity contribution in [2.75, 3.05) is 5.32 Å². The van der Waals surface area contributed by atoms with Gasteiger partial charge in [-0.2, -0.15) is 5.10 Å². The third-order valence-electron chi connectivity index (χ3n) is 1.91. The molecule has 1 N–H and O–H groups in total. The molecule has 1 atom stereocenters. The zero-order valence-corrected chi connectivity index (χ0v) is 8.95. The van der Waals surface area contributed by atoms with Crippen LogP contribution in [0.4, 0.5) is 5.69 Å². The SMILES string of the molecule is C[C@@H](Nc1cnn(C)c1)c1nccs1. The van der Waals surface area contributed by atoms with Crippen LogP contribution in [0.25, 0.3) is 0 Å². The fourth-order valence-corrected chi connectivity index (χ4v) is 1.90. The molecule has 4 nitrogen and oxygen atoms in total. The summed E-state index contributed by atoms with van der Waals surface area (Å²) in [5.41, 5.74) is 1.02. The molecule has 0 aromatic carbocycles. The van der Waals surface area contributed by atoms with Gasteiger partial charge in [-0.3, -0.25) is 4.68 Å². The van der Waals surface area contributed by atoms with Gasteiger partial charge in [-0.15, -0.1) is 11.3 Å². The lowest BCUT2D eigenvalue weighted by atomic mass is 10.3. The van der Waals surface area contributed by atoms with Crippen LogP contribution in [0, 0.1) is 0 Å². The molecule has 0 aliphatic rings. The number of aromatic nitrogens is 3. The smallest absolute Gasteiger partial charge is 0.115 e. The first-order valence-corrected chi connectivity index (χ1v) is 5.28. The predicted molar refractivity (Wildman–Crippen MR) is 57.4 cm³/mol. The molecule has 14 heavy (non-hydrogen) atoms. The number of aryl methyl sites for hydroxylation is 1. The topological polar surface area (TPSA) is 42.7 Å². The lowest BCUT2D eigenvalue weighted by molar-refractivity contribution is 0.767. The fourth-order valence-electron chi connectivity index (χ4n) is 1.26. The van der Waals surface area contributed by atoms with Gasteiger partial charge < -0.3 is 5.32 Å². The highest BCUT2D eigenvalue weighted by Crippen LogP contribution is 2.19. The fraction of sp³-hybridized carbons (Fsp3) is 0.333. The summed E-state index contributed by atoms with van der Waals surface area (Å²) in [5.74, 6) is 0. The minimum absolute atomic E-state index is 0.235. The summed E-state index contributed by atoms with van der Waals surface area (Å²) in [7, 11) is 1.90. The van der Waals surface area contributed by atoms with Gasteiger partial charge in [-0.05, 0) is 6.92 Å². The maximum Gasteiger partial charge on any atom is 0.115 e. The van der Waals surface area contributed by atoms with Gasteiger partial charge in [-0.1, -0.05) is 0 Å². The summed E-state index contributed by atoms with van der Waals surface area (Å²) in [5, 5.41) is 10.5. The van der Waals surface area contributed by atoms with E-state index in [9.17, 15) is 0 Å². The molecule has 74 valence electrons. The Morgan fingerprint density at radius 3 is 3.00 bits per heavy atom. The summed E-state index contributed by atoms with van der Waals surface area (Å²) in [6.07, 6.45) is 5.58. The quantitative estimate of drug-likeness (QED) is 0.839. The zero-order chi connectivity index (χ0) is 9.97. The first-order valence-electron chi connectivity index (χ1n) is 4.40. The van der Waals surface area contributed by atoms with Crippen molar-refractivity contribution >= 4 is 17.0 Å². The van der Waals surface area contributed by atoms with E-state index in [1.165, 1.54) is 0 Å². The Labute approximate surface area is 86.6 Å². The molecule has 0 saturated carbocycles. The van der Waals surface area contributed by atoms with Gasteiger partial charge in [0.05, 0.1) is 17.9 Å². The van der Waals surface area contributed by atoms with Gasteiger partial charge in [0.15, 0.2) is 0 Å². The maximum absolute atomic E-state index is 4.25. The third-order valence-corrected chi connectivity index (χ3v) is 2.87. The first-order chi connectivity index (χ1) is 6.75. The van der Waals surface area contributed by atoms with Crippen LogP contribution in [0.3, 0.4) is 0 Å². The Balaban J connectivity index is 2.05.